The highest BCUT2D eigenvalue weighted by Crippen LogP contribution is 2.36. The molecule has 0 aromatic heterocycles. The molecule has 0 bridgehead atoms. The molecule has 0 radical (unpaired) electrons. The molecule has 3 aromatic carbocycles. The maximum atomic E-state index is 14.3. The molecule has 4 rings (SSSR count). The lowest BCUT2D eigenvalue weighted by Crippen LogP contribution is -2.52. The number of aryl methyl sites for hydroxylation is 1. The largest absolute Gasteiger partial charge is 0.497 e. The van der Waals surface area contributed by atoms with E-state index in [1.807, 2.05) is 13.0 Å². The molecule has 11 heteroatoms. The average Bonchev–Trinajstić information content (AvgIpc) is 3.55. The molecule has 10 nitrogen and oxygen atoms in total. The van der Waals surface area contributed by atoms with Gasteiger partial charge in [-0.1, -0.05) is 42.7 Å². The Kier molecular flexibility index (Phi) is 10.7. The summed E-state index contributed by atoms with van der Waals surface area (Å²) >= 11 is 0. The van der Waals surface area contributed by atoms with Crippen molar-refractivity contribution in [2.75, 3.05) is 32.2 Å². The summed E-state index contributed by atoms with van der Waals surface area (Å²) in [6.45, 7) is 2.98. The second-order valence-corrected chi connectivity index (χ2v) is 12.8. The molecule has 1 aliphatic rings. The number of hydrogen-bond donors (Lipinski definition) is 1. The number of sulfonamides is 1. The molecular formula is C33H41N3O7S. The summed E-state index contributed by atoms with van der Waals surface area (Å²) in [4.78, 5) is 29.2. The summed E-state index contributed by atoms with van der Waals surface area (Å²) in [5, 5.41) is 3.08. The van der Waals surface area contributed by atoms with Gasteiger partial charge in [-0.3, -0.25) is 13.9 Å². The predicted molar refractivity (Wildman–Crippen MR) is 169 cm³/mol. The minimum atomic E-state index is -4.28. The molecule has 44 heavy (non-hydrogen) atoms. The van der Waals surface area contributed by atoms with E-state index in [0.717, 1.165) is 41.1 Å². The molecule has 0 heterocycles. The molecule has 1 aliphatic carbocycles. The number of benzene rings is 3. The van der Waals surface area contributed by atoms with E-state index in [1.165, 1.54) is 37.3 Å². The van der Waals surface area contributed by atoms with Gasteiger partial charge in [0.15, 0.2) is 0 Å². The van der Waals surface area contributed by atoms with Crippen molar-refractivity contribution in [2.45, 2.75) is 63.1 Å². The Bertz CT molecular complexity index is 1550. The minimum absolute atomic E-state index is 0.00661. The lowest BCUT2D eigenvalue weighted by molar-refractivity contribution is -0.139. The average molecular weight is 624 g/mol. The third-order valence-electron chi connectivity index (χ3n) is 7.90. The molecule has 1 N–H and O–H groups in total. The Morgan fingerprint density at radius 2 is 1.57 bits per heavy atom. The van der Waals surface area contributed by atoms with Crippen LogP contribution in [0.4, 0.5) is 5.69 Å². The van der Waals surface area contributed by atoms with Gasteiger partial charge in [0.05, 0.1) is 31.9 Å². The Morgan fingerprint density at radius 1 is 0.909 bits per heavy atom. The molecule has 3 aromatic rings. The fourth-order valence-corrected chi connectivity index (χ4v) is 6.70. The van der Waals surface area contributed by atoms with Crippen molar-refractivity contribution < 1.29 is 32.2 Å². The topological polar surface area (TPSA) is 114 Å². The number of carbonyl (C=O) groups excluding carboxylic acids is 2. The zero-order valence-electron chi connectivity index (χ0n) is 25.9. The van der Waals surface area contributed by atoms with Crippen LogP contribution in [0.25, 0.3) is 0 Å². The van der Waals surface area contributed by atoms with Gasteiger partial charge in [0.1, 0.15) is 29.8 Å². The number of anilines is 1. The Labute approximate surface area is 260 Å². The first-order chi connectivity index (χ1) is 21.1. The van der Waals surface area contributed by atoms with Crippen LogP contribution in [0.15, 0.2) is 71.6 Å². The van der Waals surface area contributed by atoms with Crippen molar-refractivity contribution in [3.05, 3.63) is 77.9 Å². The first-order valence-corrected chi connectivity index (χ1v) is 16.1. The standard InChI is InChI=1S/C33H41N3O7S/c1-23-13-16-29(17-14-23)44(39,40)36(30-20-28(42-4)15-18-31(30)43-5)22-32(37)35(21-25-9-8-12-27(19-25)41-3)24(2)33(38)34-26-10-6-7-11-26/h8-9,12-20,24,26H,6-7,10-11,21-22H2,1-5H3,(H,34,38)/t24-/m1/s1. The second kappa shape index (κ2) is 14.5. The third-order valence-corrected chi connectivity index (χ3v) is 9.67. The maximum absolute atomic E-state index is 14.3. The van der Waals surface area contributed by atoms with E-state index in [4.69, 9.17) is 14.2 Å². The number of methoxy groups -OCH3 is 3. The highest BCUT2D eigenvalue weighted by Gasteiger charge is 2.34. The summed E-state index contributed by atoms with van der Waals surface area (Å²) in [5.74, 6) is 0.362. The maximum Gasteiger partial charge on any atom is 0.264 e. The number of amides is 2. The molecule has 0 unspecified atom stereocenters. The number of carbonyl (C=O) groups is 2. The smallest absolute Gasteiger partial charge is 0.264 e. The summed E-state index contributed by atoms with van der Waals surface area (Å²) in [5.41, 5.74) is 1.74. The van der Waals surface area contributed by atoms with Gasteiger partial charge in [0, 0.05) is 18.7 Å². The molecule has 236 valence electrons. The van der Waals surface area contributed by atoms with Gasteiger partial charge in [-0.25, -0.2) is 8.42 Å². The van der Waals surface area contributed by atoms with Crippen LogP contribution in [0.1, 0.15) is 43.7 Å². The van der Waals surface area contributed by atoms with Gasteiger partial charge in [0.25, 0.3) is 10.0 Å². The Hall–Kier alpha value is -4.25. The number of rotatable bonds is 13. The Morgan fingerprint density at radius 3 is 2.20 bits per heavy atom. The van der Waals surface area contributed by atoms with Crippen LogP contribution >= 0.6 is 0 Å². The second-order valence-electron chi connectivity index (χ2n) is 10.9. The van der Waals surface area contributed by atoms with Crippen molar-refractivity contribution >= 4 is 27.5 Å². The summed E-state index contributed by atoms with van der Waals surface area (Å²) in [6, 6.07) is 17.5. The van der Waals surface area contributed by atoms with E-state index in [-0.39, 0.29) is 34.8 Å². The zero-order valence-corrected chi connectivity index (χ0v) is 26.7. The van der Waals surface area contributed by atoms with Gasteiger partial charge >= 0.3 is 0 Å². The van der Waals surface area contributed by atoms with Crippen molar-refractivity contribution in [3.63, 3.8) is 0 Å². The number of nitrogens with zero attached hydrogens (tertiary/aromatic N) is 2. The van der Waals surface area contributed by atoms with Gasteiger partial charge < -0.3 is 24.4 Å². The minimum Gasteiger partial charge on any atom is -0.497 e. The zero-order chi connectivity index (χ0) is 31.9. The highest BCUT2D eigenvalue weighted by molar-refractivity contribution is 7.92. The molecule has 0 spiro atoms. The van der Waals surface area contributed by atoms with Crippen LogP contribution < -0.4 is 23.8 Å². The monoisotopic (exact) mass is 623 g/mol. The number of nitrogens with one attached hydrogen (secondary N) is 1. The van der Waals surface area contributed by atoms with Gasteiger partial charge in [-0.15, -0.1) is 0 Å². The van der Waals surface area contributed by atoms with Crippen LogP contribution in [0.2, 0.25) is 0 Å². The van der Waals surface area contributed by atoms with E-state index in [2.05, 4.69) is 5.32 Å². The molecule has 1 fully saturated rings. The van der Waals surface area contributed by atoms with E-state index in [0.29, 0.717) is 11.5 Å². The van der Waals surface area contributed by atoms with Gasteiger partial charge in [-0.2, -0.15) is 0 Å². The summed E-state index contributed by atoms with van der Waals surface area (Å²) < 4.78 is 45.7. The van der Waals surface area contributed by atoms with Crippen molar-refractivity contribution in [2.24, 2.45) is 0 Å². The van der Waals surface area contributed by atoms with E-state index in [9.17, 15) is 18.0 Å². The van der Waals surface area contributed by atoms with E-state index >= 15 is 0 Å². The Balaban J connectivity index is 1.76. The van der Waals surface area contributed by atoms with Crippen LogP contribution in [0, 0.1) is 6.92 Å². The predicted octanol–water partition coefficient (Wildman–Crippen LogP) is 4.69. The third kappa shape index (κ3) is 7.63. The van der Waals surface area contributed by atoms with E-state index in [1.54, 1.807) is 56.5 Å². The van der Waals surface area contributed by atoms with Crippen LogP contribution in [0.3, 0.4) is 0 Å². The molecular weight excluding hydrogens is 582 g/mol. The molecule has 2 amide bonds. The van der Waals surface area contributed by atoms with Crippen LogP contribution in [0.5, 0.6) is 17.2 Å². The number of ether oxygens (including phenoxy) is 3. The lowest BCUT2D eigenvalue weighted by Gasteiger charge is -2.33. The van der Waals surface area contributed by atoms with Crippen LogP contribution in [-0.2, 0) is 26.2 Å². The molecule has 0 saturated heterocycles. The summed E-state index contributed by atoms with van der Waals surface area (Å²) in [7, 11) is 0.168. The normalized spacial score (nSPS) is 14.0. The number of hydrogen-bond acceptors (Lipinski definition) is 7. The van der Waals surface area contributed by atoms with E-state index < -0.39 is 28.5 Å². The fraction of sp³-hybridized carbons (Fsp3) is 0.394. The fourth-order valence-electron chi connectivity index (χ4n) is 5.28. The highest BCUT2D eigenvalue weighted by atomic mass is 32.2. The van der Waals surface area contributed by atoms with Gasteiger partial charge in [-0.05, 0) is 68.7 Å². The van der Waals surface area contributed by atoms with Crippen molar-refractivity contribution in [1.29, 1.82) is 0 Å². The molecule has 1 atom stereocenters. The summed E-state index contributed by atoms with van der Waals surface area (Å²) in [6.07, 6.45) is 3.86. The first-order valence-electron chi connectivity index (χ1n) is 14.6. The lowest BCUT2D eigenvalue weighted by atomic mass is 10.1. The van der Waals surface area contributed by atoms with Crippen molar-refractivity contribution in [3.8, 4) is 17.2 Å². The van der Waals surface area contributed by atoms with Crippen molar-refractivity contribution in [1.82, 2.24) is 10.2 Å². The van der Waals surface area contributed by atoms with Gasteiger partial charge in [0.2, 0.25) is 11.8 Å². The quantitative estimate of drug-likeness (QED) is 0.294. The molecule has 1 saturated carbocycles. The van der Waals surface area contributed by atoms with Crippen LogP contribution in [-0.4, -0.2) is 65.1 Å². The molecule has 0 aliphatic heterocycles. The SMILES string of the molecule is COc1cccc(CN(C(=O)CN(c2cc(OC)ccc2OC)S(=O)(=O)c2ccc(C)cc2)[C@H](C)C(=O)NC2CCCC2)c1. The first kappa shape index (κ1) is 32.7.